The van der Waals surface area contributed by atoms with E-state index >= 15 is 0 Å². The lowest BCUT2D eigenvalue weighted by Crippen LogP contribution is -2.48. The largest absolute Gasteiger partial charge is 0.361 e. The van der Waals surface area contributed by atoms with Crippen LogP contribution >= 0.6 is 0 Å². The van der Waals surface area contributed by atoms with Crippen molar-refractivity contribution in [2.75, 3.05) is 0 Å². The van der Waals surface area contributed by atoms with Gasteiger partial charge in [0.1, 0.15) is 6.04 Å². The van der Waals surface area contributed by atoms with Gasteiger partial charge in [0.25, 0.3) is 11.8 Å². The molecular weight excluding hydrogens is 352 g/mol. The highest BCUT2D eigenvalue weighted by atomic mass is 16.2. The smallest absolute Gasteiger partial charge is 0.262 e. The van der Waals surface area contributed by atoms with Gasteiger partial charge in [-0.1, -0.05) is 49.7 Å². The minimum atomic E-state index is -0.687. The van der Waals surface area contributed by atoms with Crippen LogP contribution in [-0.4, -0.2) is 29.1 Å². The minimum Gasteiger partial charge on any atom is -0.361 e. The quantitative estimate of drug-likeness (QED) is 0.455. The molecule has 3 aromatic rings. The molecule has 0 aliphatic heterocycles. The van der Waals surface area contributed by atoms with Gasteiger partial charge in [-0.25, -0.2) is 5.43 Å². The van der Waals surface area contributed by atoms with Gasteiger partial charge >= 0.3 is 0 Å². The lowest BCUT2D eigenvalue weighted by Gasteiger charge is -2.20. The molecule has 0 unspecified atom stereocenters. The summed E-state index contributed by atoms with van der Waals surface area (Å²) in [7, 11) is 0. The number of benzene rings is 2. The Morgan fingerprint density at radius 2 is 1.89 bits per heavy atom. The molecule has 1 heterocycles. The molecule has 3 rings (SSSR count). The molecule has 3 N–H and O–H groups in total. The molecule has 0 aliphatic rings. The Balaban J connectivity index is 1.67. The lowest BCUT2D eigenvalue weighted by atomic mass is 10.0. The van der Waals surface area contributed by atoms with Crippen molar-refractivity contribution in [3.63, 3.8) is 0 Å². The van der Waals surface area contributed by atoms with Crippen molar-refractivity contribution in [2.45, 2.75) is 26.8 Å². The molecule has 2 amide bonds. The van der Waals surface area contributed by atoms with Crippen LogP contribution in [0.1, 0.15) is 35.3 Å². The Bertz CT molecular complexity index is 1020. The van der Waals surface area contributed by atoms with Crippen molar-refractivity contribution >= 4 is 28.9 Å². The number of hydrogen-bond acceptors (Lipinski definition) is 3. The predicted octanol–water partition coefficient (Wildman–Crippen LogP) is 3.38. The normalized spacial score (nSPS) is 12.4. The van der Waals surface area contributed by atoms with Crippen LogP contribution in [0, 0.1) is 12.8 Å². The second-order valence-electron chi connectivity index (χ2n) is 7.09. The first-order chi connectivity index (χ1) is 13.5. The lowest BCUT2D eigenvalue weighted by molar-refractivity contribution is -0.123. The third-order valence-corrected chi connectivity index (χ3v) is 4.52. The standard InChI is InChI=1S/C22H24N4O2/c1-14(2)20(25-21(27)16-8-6-7-15(3)11-16)22(28)26-24-13-17-12-23-19-10-5-4-9-18(17)19/h4-14,20,23H,1-3H3,(H,25,27)(H,26,28)/b24-13+/t20-/m0/s1. The van der Waals surface area contributed by atoms with Gasteiger partial charge in [-0.3, -0.25) is 9.59 Å². The van der Waals surface area contributed by atoms with Gasteiger partial charge in [0.2, 0.25) is 0 Å². The number of rotatable bonds is 6. The minimum absolute atomic E-state index is 0.0861. The summed E-state index contributed by atoms with van der Waals surface area (Å²) in [5.74, 6) is -0.720. The molecule has 2 aromatic carbocycles. The van der Waals surface area contributed by atoms with Gasteiger partial charge < -0.3 is 10.3 Å². The van der Waals surface area contributed by atoms with Crippen molar-refractivity contribution < 1.29 is 9.59 Å². The predicted molar refractivity (Wildman–Crippen MR) is 111 cm³/mol. The topological polar surface area (TPSA) is 86.3 Å². The number of hydrogen-bond donors (Lipinski definition) is 3. The number of carbonyl (C=O) groups excluding carboxylic acids is 2. The van der Waals surface area contributed by atoms with Crippen LogP contribution in [0.2, 0.25) is 0 Å². The number of aromatic nitrogens is 1. The second-order valence-corrected chi connectivity index (χ2v) is 7.09. The van der Waals surface area contributed by atoms with Crippen molar-refractivity contribution in [3.05, 3.63) is 71.4 Å². The Kier molecular flexibility index (Phi) is 5.89. The maximum Gasteiger partial charge on any atom is 0.262 e. The fourth-order valence-corrected chi connectivity index (χ4v) is 2.98. The zero-order valence-electron chi connectivity index (χ0n) is 16.2. The van der Waals surface area contributed by atoms with Crippen molar-refractivity contribution in [1.82, 2.24) is 15.7 Å². The number of aryl methyl sites for hydroxylation is 1. The van der Waals surface area contributed by atoms with Crippen LogP contribution in [0.15, 0.2) is 59.8 Å². The van der Waals surface area contributed by atoms with Crippen LogP contribution in [0.4, 0.5) is 0 Å². The van der Waals surface area contributed by atoms with Crippen molar-refractivity contribution in [2.24, 2.45) is 11.0 Å². The molecule has 0 saturated carbocycles. The van der Waals surface area contributed by atoms with Crippen LogP contribution in [-0.2, 0) is 4.79 Å². The van der Waals surface area contributed by atoms with Gasteiger partial charge in [-0.15, -0.1) is 0 Å². The number of H-pyrrole nitrogens is 1. The van der Waals surface area contributed by atoms with E-state index in [1.165, 1.54) is 0 Å². The van der Waals surface area contributed by atoms with Gasteiger partial charge in [-0.2, -0.15) is 5.10 Å². The van der Waals surface area contributed by atoms with Crippen LogP contribution < -0.4 is 10.7 Å². The number of fused-ring (bicyclic) bond motifs is 1. The van der Waals surface area contributed by atoms with E-state index in [2.05, 4.69) is 20.8 Å². The van der Waals surface area contributed by atoms with E-state index in [1.54, 1.807) is 18.3 Å². The fraction of sp³-hybridized carbons (Fsp3) is 0.227. The summed E-state index contributed by atoms with van der Waals surface area (Å²) >= 11 is 0. The highest BCUT2D eigenvalue weighted by Crippen LogP contribution is 2.15. The molecule has 0 radical (unpaired) electrons. The molecule has 0 bridgehead atoms. The number of amides is 2. The molecule has 1 atom stereocenters. The first-order valence-electron chi connectivity index (χ1n) is 9.22. The molecule has 1 aromatic heterocycles. The van der Waals surface area contributed by atoms with Gasteiger partial charge in [0.15, 0.2) is 0 Å². The SMILES string of the molecule is Cc1cccc(C(=O)N[C@H](C(=O)N/N=C/c2c[nH]c3ccccc23)C(C)C)c1. The summed E-state index contributed by atoms with van der Waals surface area (Å²) < 4.78 is 0. The van der Waals surface area contributed by atoms with Crippen molar-refractivity contribution in [1.29, 1.82) is 0 Å². The Labute approximate surface area is 164 Å². The number of hydrazone groups is 1. The fourth-order valence-electron chi connectivity index (χ4n) is 2.98. The molecule has 144 valence electrons. The van der Waals surface area contributed by atoms with Gasteiger partial charge in [-0.05, 0) is 31.0 Å². The maximum atomic E-state index is 12.6. The molecule has 6 heteroatoms. The van der Waals surface area contributed by atoms with E-state index in [0.29, 0.717) is 5.56 Å². The summed E-state index contributed by atoms with van der Waals surface area (Å²) in [6, 6.07) is 14.4. The molecule has 0 fully saturated rings. The van der Waals surface area contributed by atoms with E-state index < -0.39 is 6.04 Å². The molecule has 0 aliphatic carbocycles. The number of nitrogens with zero attached hydrogens (tertiary/aromatic N) is 1. The molecule has 28 heavy (non-hydrogen) atoms. The Morgan fingerprint density at radius 3 is 2.64 bits per heavy atom. The zero-order chi connectivity index (χ0) is 20.1. The monoisotopic (exact) mass is 376 g/mol. The van der Waals surface area contributed by atoms with Crippen molar-refractivity contribution in [3.8, 4) is 0 Å². The third-order valence-electron chi connectivity index (χ3n) is 4.52. The first-order valence-corrected chi connectivity index (χ1v) is 9.22. The molecule has 0 spiro atoms. The van der Waals surface area contributed by atoms with E-state index in [0.717, 1.165) is 22.0 Å². The molecular formula is C22H24N4O2. The maximum absolute atomic E-state index is 12.6. The number of aromatic amines is 1. The first kappa shape index (κ1) is 19.4. The second kappa shape index (κ2) is 8.52. The number of nitrogens with one attached hydrogen (secondary N) is 3. The van der Waals surface area contributed by atoms with E-state index in [9.17, 15) is 9.59 Å². The summed E-state index contributed by atoms with van der Waals surface area (Å²) in [5.41, 5.74) is 5.93. The average molecular weight is 376 g/mol. The van der Waals surface area contributed by atoms with Crippen LogP contribution in [0.3, 0.4) is 0 Å². The summed E-state index contributed by atoms with van der Waals surface area (Å²) in [5, 5.41) is 7.89. The van der Waals surface area contributed by atoms with E-state index in [1.807, 2.05) is 63.4 Å². The average Bonchev–Trinajstić information content (AvgIpc) is 3.09. The van der Waals surface area contributed by atoms with E-state index in [-0.39, 0.29) is 17.7 Å². The molecule has 6 nitrogen and oxygen atoms in total. The van der Waals surface area contributed by atoms with E-state index in [4.69, 9.17) is 0 Å². The summed E-state index contributed by atoms with van der Waals surface area (Å²) in [6.45, 7) is 5.68. The highest BCUT2D eigenvalue weighted by molar-refractivity contribution is 6.00. The Hall–Kier alpha value is -3.41. The van der Waals surface area contributed by atoms with Crippen LogP contribution in [0.5, 0.6) is 0 Å². The van der Waals surface area contributed by atoms with Gasteiger partial charge in [0.05, 0.1) is 6.21 Å². The number of carbonyl (C=O) groups is 2. The molecule has 0 saturated heterocycles. The Morgan fingerprint density at radius 1 is 1.11 bits per heavy atom. The van der Waals surface area contributed by atoms with Gasteiger partial charge in [0, 0.05) is 28.2 Å². The highest BCUT2D eigenvalue weighted by Gasteiger charge is 2.24. The number of para-hydroxylation sites is 1. The zero-order valence-corrected chi connectivity index (χ0v) is 16.2. The third kappa shape index (κ3) is 4.46. The summed E-state index contributed by atoms with van der Waals surface area (Å²) in [6.07, 6.45) is 3.43. The summed E-state index contributed by atoms with van der Waals surface area (Å²) in [4.78, 5) is 28.2. The van der Waals surface area contributed by atoms with Crippen LogP contribution in [0.25, 0.3) is 10.9 Å².